The van der Waals surface area contributed by atoms with Crippen LogP contribution in [0.4, 0.5) is 0 Å². The number of aryl methyl sites for hydroxylation is 1. The number of nitrogens with zero attached hydrogens (tertiary/aromatic N) is 2. The minimum atomic E-state index is 0.180. The van der Waals surface area contributed by atoms with Crippen molar-refractivity contribution in [3.8, 4) is 0 Å². The standard InChI is InChI=1S/C12H19ClN2/c1-5-10(13)7-11-6-9(4)14-12(15-11)8(2)3/h6,8,10H,5,7H2,1-4H3. The summed E-state index contributed by atoms with van der Waals surface area (Å²) >= 11 is 6.12. The number of hydrogen-bond acceptors (Lipinski definition) is 2. The van der Waals surface area contributed by atoms with Gasteiger partial charge in [-0.3, -0.25) is 0 Å². The molecule has 1 rings (SSSR count). The molecule has 15 heavy (non-hydrogen) atoms. The second-order valence-corrected chi connectivity index (χ2v) is 4.84. The fourth-order valence-corrected chi connectivity index (χ4v) is 1.55. The van der Waals surface area contributed by atoms with Crippen molar-refractivity contribution in [2.75, 3.05) is 0 Å². The van der Waals surface area contributed by atoms with Gasteiger partial charge in [0, 0.05) is 29.1 Å². The molecular formula is C12H19ClN2. The molecule has 1 unspecified atom stereocenters. The first-order chi connectivity index (χ1) is 7.02. The minimum absolute atomic E-state index is 0.180. The Bertz CT molecular complexity index is 323. The van der Waals surface area contributed by atoms with E-state index in [4.69, 9.17) is 11.6 Å². The summed E-state index contributed by atoms with van der Waals surface area (Å²) in [5, 5.41) is 0.180. The van der Waals surface area contributed by atoms with E-state index in [2.05, 4.69) is 30.7 Å². The lowest BCUT2D eigenvalue weighted by Crippen LogP contribution is -2.08. The molecule has 1 atom stereocenters. The summed E-state index contributed by atoms with van der Waals surface area (Å²) in [4.78, 5) is 8.94. The van der Waals surface area contributed by atoms with E-state index in [9.17, 15) is 0 Å². The van der Waals surface area contributed by atoms with Gasteiger partial charge >= 0.3 is 0 Å². The molecule has 0 saturated heterocycles. The number of aromatic nitrogens is 2. The van der Waals surface area contributed by atoms with Crippen LogP contribution in [0.2, 0.25) is 0 Å². The van der Waals surface area contributed by atoms with Gasteiger partial charge in [0.15, 0.2) is 0 Å². The Balaban J connectivity index is 2.88. The Hall–Kier alpha value is -0.630. The van der Waals surface area contributed by atoms with Gasteiger partial charge in [0.1, 0.15) is 5.82 Å². The smallest absolute Gasteiger partial charge is 0.131 e. The van der Waals surface area contributed by atoms with Gasteiger partial charge in [-0.05, 0) is 19.4 Å². The van der Waals surface area contributed by atoms with E-state index in [-0.39, 0.29) is 5.38 Å². The number of halogens is 1. The van der Waals surface area contributed by atoms with Crippen LogP contribution in [0.5, 0.6) is 0 Å². The predicted molar refractivity (Wildman–Crippen MR) is 64.5 cm³/mol. The average molecular weight is 227 g/mol. The molecule has 0 N–H and O–H groups in total. The number of hydrogen-bond donors (Lipinski definition) is 0. The van der Waals surface area contributed by atoms with E-state index in [0.29, 0.717) is 5.92 Å². The minimum Gasteiger partial charge on any atom is -0.238 e. The lowest BCUT2D eigenvalue weighted by molar-refractivity contribution is 0.725. The molecule has 0 aromatic carbocycles. The van der Waals surface area contributed by atoms with Crippen LogP contribution >= 0.6 is 11.6 Å². The zero-order valence-corrected chi connectivity index (χ0v) is 10.7. The van der Waals surface area contributed by atoms with E-state index < -0.39 is 0 Å². The molecular weight excluding hydrogens is 208 g/mol. The maximum absolute atomic E-state index is 6.12. The Morgan fingerprint density at radius 2 is 2.00 bits per heavy atom. The third kappa shape index (κ3) is 3.78. The molecule has 0 amide bonds. The summed E-state index contributed by atoms with van der Waals surface area (Å²) < 4.78 is 0. The molecule has 2 nitrogen and oxygen atoms in total. The molecule has 0 aliphatic carbocycles. The molecule has 0 bridgehead atoms. The van der Waals surface area contributed by atoms with Crippen LogP contribution in [0.1, 0.15) is 50.3 Å². The number of rotatable bonds is 4. The summed E-state index contributed by atoms with van der Waals surface area (Å²) in [6.07, 6.45) is 1.81. The summed E-state index contributed by atoms with van der Waals surface area (Å²) in [7, 11) is 0. The van der Waals surface area contributed by atoms with Crippen molar-refractivity contribution in [2.24, 2.45) is 0 Å². The third-order valence-corrected chi connectivity index (χ3v) is 2.78. The van der Waals surface area contributed by atoms with Gasteiger partial charge < -0.3 is 0 Å². The van der Waals surface area contributed by atoms with Crippen molar-refractivity contribution in [3.05, 3.63) is 23.3 Å². The monoisotopic (exact) mass is 226 g/mol. The highest BCUT2D eigenvalue weighted by Gasteiger charge is 2.09. The molecule has 0 saturated carbocycles. The van der Waals surface area contributed by atoms with Crippen molar-refractivity contribution < 1.29 is 0 Å². The van der Waals surface area contributed by atoms with Crippen LogP contribution in [-0.2, 0) is 6.42 Å². The maximum Gasteiger partial charge on any atom is 0.131 e. The third-order valence-electron chi connectivity index (χ3n) is 2.31. The van der Waals surface area contributed by atoms with Crippen LogP contribution in [0.25, 0.3) is 0 Å². The highest BCUT2D eigenvalue weighted by atomic mass is 35.5. The summed E-state index contributed by atoms with van der Waals surface area (Å²) in [5.41, 5.74) is 2.09. The van der Waals surface area contributed by atoms with E-state index in [1.807, 2.05) is 13.0 Å². The van der Waals surface area contributed by atoms with E-state index in [1.165, 1.54) is 0 Å². The van der Waals surface area contributed by atoms with Gasteiger partial charge in [0.2, 0.25) is 0 Å². The van der Waals surface area contributed by atoms with Crippen LogP contribution in [0.15, 0.2) is 6.07 Å². The highest BCUT2D eigenvalue weighted by molar-refractivity contribution is 6.20. The lowest BCUT2D eigenvalue weighted by atomic mass is 10.1. The van der Waals surface area contributed by atoms with Crippen molar-refractivity contribution in [1.29, 1.82) is 0 Å². The highest BCUT2D eigenvalue weighted by Crippen LogP contribution is 2.14. The molecule has 0 aliphatic rings. The molecule has 0 radical (unpaired) electrons. The van der Waals surface area contributed by atoms with E-state index in [1.54, 1.807) is 0 Å². The zero-order chi connectivity index (χ0) is 11.4. The normalized spacial score (nSPS) is 13.2. The van der Waals surface area contributed by atoms with Gasteiger partial charge in [-0.25, -0.2) is 9.97 Å². The van der Waals surface area contributed by atoms with Crippen molar-refractivity contribution in [1.82, 2.24) is 9.97 Å². The molecule has 0 spiro atoms. The quantitative estimate of drug-likeness (QED) is 0.735. The molecule has 3 heteroatoms. The maximum atomic E-state index is 6.12. The SMILES string of the molecule is CCC(Cl)Cc1cc(C)nc(C(C)C)n1. The van der Waals surface area contributed by atoms with Gasteiger partial charge in [-0.1, -0.05) is 20.8 Å². The topological polar surface area (TPSA) is 25.8 Å². The van der Waals surface area contributed by atoms with Gasteiger partial charge in [0.05, 0.1) is 0 Å². The average Bonchev–Trinajstić information content (AvgIpc) is 2.16. The molecule has 1 heterocycles. The molecule has 1 aromatic rings. The molecule has 0 fully saturated rings. The Labute approximate surface area is 97.1 Å². The second-order valence-electron chi connectivity index (χ2n) is 4.22. The van der Waals surface area contributed by atoms with Crippen molar-refractivity contribution >= 4 is 11.6 Å². The van der Waals surface area contributed by atoms with Gasteiger partial charge in [0.25, 0.3) is 0 Å². The first kappa shape index (κ1) is 12.4. The van der Waals surface area contributed by atoms with E-state index in [0.717, 1.165) is 30.1 Å². The van der Waals surface area contributed by atoms with Crippen LogP contribution in [0, 0.1) is 6.92 Å². The fourth-order valence-electron chi connectivity index (χ4n) is 1.39. The van der Waals surface area contributed by atoms with Gasteiger partial charge in [-0.2, -0.15) is 0 Å². The first-order valence-corrected chi connectivity index (χ1v) is 5.95. The van der Waals surface area contributed by atoms with Crippen LogP contribution < -0.4 is 0 Å². The van der Waals surface area contributed by atoms with Gasteiger partial charge in [-0.15, -0.1) is 11.6 Å². The fraction of sp³-hybridized carbons (Fsp3) is 0.667. The molecule has 0 aliphatic heterocycles. The van der Waals surface area contributed by atoms with Crippen LogP contribution in [-0.4, -0.2) is 15.3 Å². The van der Waals surface area contributed by atoms with E-state index >= 15 is 0 Å². The molecule has 1 aromatic heterocycles. The summed E-state index contributed by atoms with van der Waals surface area (Å²) in [6.45, 7) is 8.31. The summed E-state index contributed by atoms with van der Waals surface area (Å²) in [5.74, 6) is 1.30. The second kappa shape index (κ2) is 5.45. The molecule has 84 valence electrons. The Kier molecular flexibility index (Phi) is 4.52. The predicted octanol–water partition coefficient (Wildman–Crippen LogP) is 3.47. The summed E-state index contributed by atoms with van der Waals surface area (Å²) in [6, 6.07) is 2.02. The largest absolute Gasteiger partial charge is 0.238 e. The Morgan fingerprint density at radius 1 is 1.33 bits per heavy atom. The van der Waals surface area contributed by atoms with Crippen molar-refractivity contribution in [2.45, 2.75) is 51.8 Å². The number of alkyl halides is 1. The first-order valence-electron chi connectivity index (χ1n) is 5.51. The lowest BCUT2D eigenvalue weighted by Gasteiger charge is -2.10. The zero-order valence-electron chi connectivity index (χ0n) is 9.92. The van der Waals surface area contributed by atoms with Crippen molar-refractivity contribution in [3.63, 3.8) is 0 Å². The Morgan fingerprint density at radius 3 is 2.53 bits per heavy atom. The van der Waals surface area contributed by atoms with Crippen LogP contribution in [0.3, 0.4) is 0 Å².